The van der Waals surface area contributed by atoms with Crippen molar-refractivity contribution in [2.75, 3.05) is 0 Å². The van der Waals surface area contributed by atoms with E-state index in [0.717, 1.165) is 50.7 Å². The van der Waals surface area contributed by atoms with Crippen molar-refractivity contribution >= 4 is 21.8 Å². The lowest BCUT2D eigenvalue weighted by Crippen LogP contribution is -2.48. The SMILES string of the molecule is CC(C)(C)c1cc(Cc2cnc3ccc4cn[nH]c4c3c2)c(O)c(C23CC4CC(CC(C4)C2)C3)c1. The van der Waals surface area contributed by atoms with Crippen molar-refractivity contribution in [3.8, 4) is 5.75 Å². The van der Waals surface area contributed by atoms with E-state index in [-0.39, 0.29) is 10.8 Å². The maximum absolute atomic E-state index is 11.8. The van der Waals surface area contributed by atoms with Gasteiger partial charge in [0.25, 0.3) is 0 Å². The van der Waals surface area contributed by atoms with Gasteiger partial charge in [0.05, 0.1) is 17.2 Å². The molecule has 2 heterocycles. The molecule has 4 heteroatoms. The summed E-state index contributed by atoms with van der Waals surface area (Å²) in [6.07, 6.45) is 12.5. The first kappa shape index (κ1) is 21.4. The van der Waals surface area contributed by atoms with E-state index in [4.69, 9.17) is 4.98 Å². The molecule has 0 unspecified atom stereocenters. The van der Waals surface area contributed by atoms with Crippen LogP contribution in [0.3, 0.4) is 0 Å². The Balaban J connectivity index is 1.35. The standard InChI is InChI=1S/C31H35N3O/c1-30(2,3)24-11-23(9-21-10-25-27(32-16-21)5-4-22-17-33-34-28(22)25)29(35)26(12-24)31-13-18-6-19(14-31)8-20(7-18)15-31/h4-5,10-12,16-20,35H,6-9,13-15H2,1-3H3,(H,33,34). The molecule has 35 heavy (non-hydrogen) atoms. The van der Waals surface area contributed by atoms with Crippen LogP contribution in [0.15, 0.2) is 42.7 Å². The molecule has 4 bridgehead atoms. The number of pyridine rings is 1. The Morgan fingerprint density at radius 3 is 2.37 bits per heavy atom. The van der Waals surface area contributed by atoms with Gasteiger partial charge in [-0.25, -0.2) is 0 Å². The predicted molar refractivity (Wildman–Crippen MR) is 141 cm³/mol. The van der Waals surface area contributed by atoms with Crippen molar-refractivity contribution in [1.29, 1.82) is 0 Å². The van der Waals surface area contributed by atoms with Crippen molar-refractivity contribution in [2.24, 2.45) is 17.8 Å². The average molecular weight is 466 g/mol. The van der Waals surface area contributed by atoms with E-state index in [1.165, 1.54) is 49.7 Å². The first-order valence-corrected chi connectivity index (χ1v) is 13.3. The molecule has 0 spiro atoms. The minimum absolute atomic E-state index is 0.0310. The number of aromatic amines is 1. The Morgan fingerprint density at radius 1 is 0.971 bits per heavy atom. The minimum Gasteiger partial charge on any atom is -0.507 e. The number of hydrogen-bond donors (Lipinski definition) is 2. The van der Waals surface area contributed by atoms with Gasteiger partial charge >= 0.3 is 0 Å². The van der Waals surface area contributed by atoms with Crippen LogP contribution in [0.5, 0.6) is 5.75 Å². The van der Waals surface area contributed by atoms with Crippen LogP contribution in [0.4, 0.5) is 0 Å². The molecule has 2 N–H and O–H groups in total. The highest BCUT2D eigenvalue weighted by atomic mass is 16.3. The lowest BCUT2D eigenvalue weighted by Gasteiger charge is -2.57. The molecule has 4 saturated carbocycles. The van der Waals surface area contributed by atoms with Gasteiger partial charge in [-0.1, -0.05) is 32.9 Å². The van der Waals surface area contributed by atoms with Gasteiger partial charge in [0.15, 0.2) is 0 Å². The van der Waals surface area contributed by atoms with Crippen molar-refractivity contribution in [1.82, 2.24) is 15.2 Å². The summed E-state index contributed by atoms with van der Waals surface area (Å²) in [5.41, 5.74) is 6.93. The first-order chi connectivity index (χ1) is 16.8. The van der Waals surface area contributed by atoms with Crippen molar-refractivity contribution in [3.63, 3.8) is 0 Å². The van der Waals surface area contributed by atoms with Gasteiger partial charge in [-0.15, -0.1) is 0 Å². The summed E-state index contributed by atoms with van der Waals surface area (Å²) in [5, 5.41) is 21.4. The van der Waals surface area contributed by atoms with Crippen LogP contribution < -0.4 is 0 Å². The highest BCUT2D eigenvalue weighted by Crippen LogP contribution is 2.62. The highest BCUT2D eigenvalue weighted by molar-refractivity contribution is 6.03. The molecule has 2 aromatic heterocycles. The van der Waals surface area contributed by atoms with E-state index >= 15 is 0 Å². The Kier molecular flexibility index (Phi) is 4.47. The van der Waals surface area contributed by atoms with Crippen molar-refractivity contribution in [2.45, 2.75) is 76.5 Å². The van der Waals surface area contributed by atoms with Gasteiger partial charge in [-0.05, 0) is 102 Å². The summed E-state index contributed by atoms with van der Waals surface area (Å²) < 4.78 is 0. The molecule has 180 valence electrons. The second-order valence-electron chi connectivity index (χ2n) is 13.0. The topological polar surface area (TPSA) is 61.8 Å². The average Bonchev–Trinajstić information content (AvgIpc) is 3.28. The van der Waals surface area contributed by atoms with Gasteiger partial charge in [0.2, 0.25) is 0 Å². The third-order valence-corrected chi connectivity index (χ3v) is 9.39. The van der Waals surface area contributed by atoms with Crippen LogP contribution >= 0.6 is 0 Å². The quantitative estimate of drug-likeness (QED) is 0.337. The summed E-state index contributed by atoms with van der Waals surface area (Å²) in [7, 11) is 0. The van der Waals surface area contributed by atoms with Crippen LogP contribution in [0, 0.1) is 17.8 Å². The maximum atomic E-state index is 11.8. The minimum atomic E-state index is 0.0310. The lowest BCUT2D eigenvalue weighted by molar-refractivity contribution is -0.00623. The smallest absolute Gasteiger partial charge is 0.122 e. The number of fused-ring (bicyclic) bond motifs is 3. The van der Waals surface area contributed by atoms with Gasteiger partial charge in [-0.3, -0.25) is 10.1 Å². The zero-order valence-corrected chi connectivity index (χ0v) is 21.1. The number of aromatic nitrogens is 3. The molecule has 0 aliphatic heterocycles. The number of nitrogens with one attached hydrogen (secondary N) is 1. The molecular weight excluding hydrogens is 430 g/mol. The number of phenols is 1. The molecule has 4 nitrogen and oxygen atoms in total. The first-order valence-electron chi connectivity index (χ1n) is 13.3. The van der Waals surface area contributed by atoms with Gasteiger partial charge in [-0.2, -0.15) is 5.10 Å². The lowest BCUT2D eigenvalue weighted by atomic mass is 9.47. The van der Waals surface area contributed by atoms with E-state index in [2.05, 4.69) is 61.3 Å². The van der Waals surface area contributed by atoms with Crippen LogP contribution in [-0.2, 0) is 17.3 Å². The maximum Gasteiger partial charge on any atom is 0.122 e. The van der Waals surface area contributed by atoms with Crippen LogP contribution in [0.25, 0.3) is 21.8 Å². The van der Waals surface area contributed by atoms with E-state index in [9.17, 15) is 5.11 Å². The van der Waals surface area contributed by atoms with Crippen LogP contribution in [-0.4, -0.2) is 20.3 Å². The molecular formula is C31H35N3O. The number of aromatic hydroxyl groups is 1. The van der Waals surface area contributed by atoms with Gasteiger partial charge in [0.1, 0.15) is 5.75 Å². The van der Waals surface area contributed by atoms with E-state index in [1.54, 1.807) is 0 Å². The normalized spacial score (nSPS) is 27.8. The summed E-state index contributed by atoms with van der Waals surface area (Å²) in [6, 6.07) is 11.0. The Hall–Kier alpha value is -2.88. The van der Waals surface area contributed by atoms with Crippen molar-refractivity contribution in [3.05, 3.63) is 65.0 Å². The van der Waals surface area contributed by atoms with Gasteiger partial charge < -0.3 is 5.11 Å². The zero-order valence-electron chi connectivity index (χ0n) is 21.1. The zero-order chi connectivity index (χ0) is 23.9. The second-order valence-corrected chi connectivity index (χ2v) is 13.0. The van der Waals surface area contributed by atoms with Crippen LogP contribution in [0.1, 0.15) is 81.5 Å². The molecule has 4 aromatic rings. The summed E-state index contributed by atoms with van der Waals surface area (Å²) >= 11 is 0. The summed E-state index contributed by atoms with van der Waals surface area (Å²) in [4.78, 5) is 4.76. The molecule has 0 saturated heterocycles. The number of phenolic OH excluding ortho intramolecular Hbond substituents is 1. The third-order valence-electron chi connectivity index (χ3n) is 9.39. The Morgan fingerprint density at radius 2 is 1.69 bits per heavy atom. The number of rotatable bonds is 3. The Labute approximate surface area is 207 Å². The summed E-state index contributed by atoms with van der Waals surface area (Å²) in [6.45, 7) is 6.87. The third kappa shape index (κ3) is 3.40. The van der Waals surface area contributed by atoms with E-state index in [1.807, 2.05) is 12.4 Å². The molecule has 4 aliphatic carbocycles. The molecule has 0 amide bonds. The number of benzene rings is 2. The number of H-pyrrole nitrogens is 1. The fraction of sp³-hybridized carbons (Fsp3) is 0.484. The van der Waals surface area contributed by atoms with Crippen LogP contribution in [0.2, 0.25) is 0 Å². The fourth-order valence-corrected chi connectivity index (χ4v) is 8.08. The molecule has 0 radical (unpaired) electrons. The number of nitrogens with zero attached hydrogens (tertiary/aromatic N) is 2. The number of hydrogen-bond acceptors (Lipinski definition) is 3. The monoisotopic (exact) mass is 465 g/mol. The highest BCUT2D eigenvalue weighted by Gasteiger charge is 2.52. The summed E-state index contributed by atoms with van der Waals surface area (Å²) in [5.74, 6) is 3.09. The predicted octanol–water partition coefficient (Wildman–Crippen LogP) is 7.17. The Bertz CT molecular complexity index is 1420. The van der Waals surface area contributed by atoms with E-state index in [0.29, 0.717) is 12.2 Å². The fourth-order valence-electron chi connectivity index (χ4n) is 8.08. The van der Waals surface area contributed by atoms with Gasteiger partial charge in [0, 0.05) is 29.0 Å². The molecule has 0 atom stereocenters. The molecule has 4 fully saturated rings. The van der Waals surface area contributed by atoms with Crippen molar-refractivity contribution < 1.29 is 5.11 Å². The molecule has 4 aliphatic rings. The van der Waals surface area contributed by atoms with E-state index < -0.39 is 0 Å². The largest absolute Gasteiger partial charge is 0.507 e. The molecule has 2 aromatic carbocycles. The second kappa shape index (κ2) is 7.32. The molecule has 8 rings (SSSR count).